The minimum absolute atomic E-state index is 0.0528. The van der Waals surface area contributed by atoms with Crippen molar-refractivity contribution in [1.82, 2.24) is 16.0 Å². The van der Waals surface area contributed by atoms with Crippen LogP contribution in [0.15, 0.2) is 0 Å². The van der Waals surface area contributed by atoms with E-state index in [1.54, 1.807) is 104 Å². The van der Waals surface area contributed by atoms with Gasteiger partial charge in [-0.1, -0.05) is 13.8 Å². The molecule has 0 heterocycles. The highest BCUT2D eigenvalue weighted by atomic mass is 31.2. The summed E-state index contributed by atoms with van der Waals surface area (Å²) in [6.07, 6.45) is -1.27. The molecular weight excluding hydrogens is 685 g/mol. The zero-order valence-corrected chi connectivity index (χ0v) is 34.9. The van der Waals surface area contributed by atoms with E-state index >= 15 is 0 Å². The third-order valence-corrected chi connectivity index (χ3v) is 7.59. The number of hydrogen-bond acceptors (Lipinski definition) is 12. The van der Waals surface area contributed by atoms with E-state index in [1.807, 2.05) is 13.8 Å². The molecule has 0 saturated carbocycles. The number of phosphoric ester groups is 1. The molecule has 0 aromatic heterocycles. The van der Waals surface area contributed by atoms with Gasteiger partial charge in [-0.3, -0.25) is 28.0 Å². The molecule has 0 bridgehead atoms. The lowest BCUT2D eigenvalue weighted by Crippen LogP contribution is -2.58. The van der Waals surface area contributed by atoms with Crippen LogP contribution < -0.4 is 16.0 Å². The molecule has 0 aliphatic rings. The molecule has 0 saturated heterocycles. The summed E-state index contributed by atoms with van der Waals surface area (Å²) in [6, 6.07) is -4.13. The predicted octanol–water partition coefficient (Wildman–Crippen LogP) is 6.11. The van der Waals surface area contributed by atoms with Crippen LogP contribution in [0.4, 0.5) is 4.79 Å². The van der Waals surface area contributed by atoms with E-state index in [2.05, 4.69) is 16.0 Å². The molecule has 0 spiro atoms. The first-order valence-electron chi connectivity index (χ1n) is 17.3. The average Bonchev–Trinajstić information content (AvgIpc) is 2.82. The Kier molecular flexibility index (Phi) is 17.8. The van der Waals surface area contributed by atoms with Crippen LogP contribution in [0.5, 0.6) is 0 Å². The molecule has 0 aromatic rings. The van der Waals surface area contributed by atoms with Crippen molar-refractivity contribution in [3.05, 3.63) is 0 Å². The first-order chi connectivity index (χ1) is 22.6. The van der Waals surface area contributed by atoms with Crippen LogP contribution in [-0.2, 0) is 51.5 Å². The van der Waals surface area contributed by atoms with Crippen LogP contribution in [0.25, 0.3) is 0 Å². The van der Waals surface area contributed by atoms with Crippen molar-refractivity contribution in [3.8, 4) is 0 Å². The lowest BCUT2D eigenvalue weighted by atomic mass is 10.0. The second-order valence-corrected chi connectivity index (χ2v) is 19.3. The molecule has 15 nitrogen and oxygen atoms in total. The SMILES string of the molecule is CC(C)C[C@H](NC(=O)[C@H](COP(=O)(OC(C)(C)C)OC(C)(C)C)NC(=O)[C@H](CCC(=O)OC(C)(C)C)NC(=O)OC(C)(C)C)C(=O)OC(C)(C)C. The van der Waals surface area contributed by atoms with Gasteiger partial charge in [-0.25, -0.2) is 14.2 Å². The Morgan fingerprint density at radius 2 is 1.00 bits per heavy atom. The number of nitrogens with one attached hydrogen (secondary N) is 3. The number of amides is 3. The monoisotopic (exact) mass is 751 g/mol. The number of alkyl carbamates (subject to hydrolysis) is 1. The molecule has 0 aliphatic carbocycles. The maximum absolute atomic E-state index is 13.9. The minimum Gasteiger partial charge on any atom is -0.460 e. The lowest BCUT2D eigenvalue weighted by Gasteiger charge is -2.32. The topological polar surface area (TPSA) is 194 Å². The summed E-state index contributed by atoms with van der Waals surface area (Å²) in [4.78, 5) is 66.2. The van der Waals surface area contributed by atoms with Gasteiger partial charge in [0.2, 0.25) is 11.8 Å². The van der Waals surface area contributed by atoms with Gasteiger partial charge in [0.1, 0.15) is 34.9 Å². The molecule has 298 valence electrons. The number of ether oxygens (including phenoxy) is 3. The second-order valence-electron chi connectivity index (χ2n) is 17.8. The minimum atomic E-state index is -4.39. The predicted molar refractivity (Wildman–Crippen MR) is 193 cm³/mol. The van der Waals surface area contributed by atoms with Crippen molar-refractivity contribution in [2.24, 2.45) is 5.92 Å². The molecule has 0 aromatic carbocycles. The van der Waals surface area contributed by atoms with Crippen LogP contribution >= 0.6 is 7.82 Å². The Hall–Kier alpha value is -2.74. The smallest absolute Gasteiger partial charge is 0.460 e. The second kappa shape index (κ2) is 18.8. The molecule has 51 heavy (non-hydrogen) atoms. The van der Waals surface area contributed by atoms with E-state index < -0.39 is 90.4 Å². The molecular formula is C35H66N3O12P. The van der Waals surface area contributed by atoms with Gasteiger partial charge in [0, 0.05) is 6.42 Å². The fourth-order valence-electron chi connectivity index (χ4n) is 4.07. The number of esters is 2. The Balaban J connectivity index is 6.74. The van der Waals surface area contributed by atoms with Crippen LogP contribution in [0, 0.1) is 5.92 Å². The van der Waals surface area contributed by atoms with Crippen LogP contribution in [0.1, 0.15) is 137 Å². The van der Waals surface area contributed by atoms with Gasteiger partial charge in [-0.15, -0.1) is 0 Å². The van der Waals surface area contributed by atoms with E-state index in [0.717, 1.165) is 0 Å². The summed E-state index contributed by atoms with van der Waals surface area (Å²) in [7, 11) is -4.39. The largest absolute Gasteiger partial charge is 0.475 e. The van der Waals surface area contributed by atoms with Crippen molar-refractivity contribution < 1.29 is 56.3 Å². The van der Waals surface area contributed by atoms with E-state index in [-0.39, 0.29) is 25.2 Å². The highest BCUT2D eigenvalue weighted by molar-refractivity contribution is 7.48. The summed E-state index contributed by atoms with van der Waals surface area (Å²) in [5.74, 6) is -3.18. The highest BCUT2D eigenvalue weighted by Gasteiger charge is 2.40. The quantitative estimate of drug-likeness (QED) is 0.0932. The van der Waals surface area contributed by atoms with Crippen molar-refractivity contribution in [1.29, 1.82) is 0 Å². The van der Waals surface area contributed by atoms with Gasteiger partial charge >= 0.3 is 25.9 Å². The van der Waals surface area contributed by atoms with Crippen LogP contribution in [0.2, 0.25) is 0 Å². The molecule has 0 aliphatic heterocycles. The summed E-state index contributed by atoms with van der Waals surface area (Å²) in [5, 5.41) is 7.60. The van der Waals surface area contributed by atoms with Gasteiger partial charge in [0.15, 0.2) is 0 Å². The van der Waals surface area contributed by atoms with Crippen LogP contribution in [-0.4, -0.2) is 82.6 Å². The molecule has 3 atom stereocenters. The van der Waals surface area contributed by atoms with Crippen LogP contribution in [0.3, 0.4) is 0 Å². The van der Waals surface area contributed by atoms with Crippen molar-refractivity contribution in [2.45, 2.75) is 183 Å². The number of hydrogen-bond donors (Lipinski definition) is 3. The van der Waals surface area contributed by atoms with Crippen molar-refractivity contribution >= 4 is 37.7 Å². The van der Waals surface area contributed by atoms with E-state index in [0.29, 0.717) is 0 Å². The fourth-order valence-corrected chi connectivity index (χ4v) is 5.88. The average molecular weight is 752 g/mol. The zero-order valence-electron chi connectivity index (χ0n) is 34.0. The number of carbonyl (C=O) groups is 5. The van der Waals surface area contributed by atoms with Gasteiger partial charge < -0.3 is 30.2 Å². The summed E-state index contributed by atoms with van der Waals surface area (Å²) < 4.78 is 47.2. The summed E-state index contributed by atoms with van der Waals surface area (Å²) >= 11 is 0. The van der Waals surface area contributed by atoms with Gasteiger partial charge in [0.25, 0.3) is 0 Å². The third kappa shape index (κ3) is 24.2. The first kappa shape index (κ1) is 48.3. The Morgan fingerprint density at radius 3 is 1.41 bits per heavy atom. The molecule has 0 unspecified atom stereocenters. The first-order valence-corrected chi connectivity index (χ1v) is 18.8. The maximum Gasteiger partial charge on any atom is 0.475 e. The van der Waals surface area contributed by atoms with Gasteiger partial charge in [-0.2, -0.15) is 0 Å². The van der Waals surface area contributed by atoms with E-state index in [1.165, 1.54) is 0 Å². The maximum atomic E-state index is 13.9. The number of carbonyl (C=O) groups excluding carboxylic acids is 5. The van der Waals surface area contributed by atoms with Gasteiger partial charge in [-0.05, 0) is 123 Å². The van der Waals surface area contributed by atoms with Crippen molar-refractivity contribution in [2.75, 3.05) is 6.61 Å². The molecule has 0 fully saturated rings. The van der Waals surface area contributed by atoms with E-state index in [9.17, 15) is 28.5 Å². The summed E-state index contributed by atoms with van der Waals surface area (Å²) in [5.41, 5.74) is -4.59. The Morgan fingerprint density at radius 1 is 0.569 bits per heavy atom. The lowest BCUT2D eigenvalue weighted by molar-refractivity contribution is -0.159. The Bertz CT molecular complexity index is 1210. The van der Waals surface area contributed by atoms with Crippen molar-refractivity contribution in [3.63, 3.8) is 0 Å². The molecule has 3 amide bonds. The molecule has 3 N–H and O–H groups in total. The summed E-state index contributed by atoms with van der Waals surface area (Å²) in [6.45, 7) is 27.8. The molecule has 0 radical (unpaired) electrons. The highest BCUT2D eigenvalue weighted by Crippen LogP contribution is 2.55. The number of rotatable bonds is 16. The third-order valence-electron chi connectivity index (χ3n) is 5.58. The molecule has 0 rings (SSSR count). The molecule has 16 heteroatoms. The fraction of sp³-hybridized carbons (Fsp3) is 0.857. The normalized spacial score (nSPS) is 14.9. The van der Waals surface area contributed by atoms with Gasteiger partial charge in [0.05, 0.1) is 17.8 Å². The standard InChI is InChI=1S/C35H66N3O12P/c1-22(2)20-24(29(42)47-32(6,7)8)36-28(41)25(21-45-51(44,49-34(12,13)14)50-35(15,16)17)37-27(40)23(38-30(43)48-33(9,10)11)18-19-26(39)46-31(3,4)5/h22-25H,18-21H2,1-17H3,(H,36,41)(H,37,40)(H,38,43)/t23-,24-,25-/m0/s1. The number of phosphoric acid groups is 1. The zero-order chi connectivity index (χ0) is 40.4. The Labute approximate surface area is 305 Å². The van der Waals surface area contributed by atoms with E-state index in [4.69, 9.17) is 27.8 Å².